The molecule has 1 aromatic heterocycles. The van der Waals surface area contributed by atoms with Crippen LogP contribution in [0.3, 0.4) is 0 Å². The summed E-state index contributed by atoms with van der Waals surface area (Å²) in [5.41, 5.74) is 2.03. The molecular weight excluding hydrogens is 308 g/mol. The minimum atomic E-state index is -0.940. The summed E-state index contributed by atoms with van der Waals surface area (Å²) < 4.78 is 10.3. The lowest BCUT2D eigenvalue weighted by molar-refractivity contribution is 0.170. The minimum Gasteiger partial charge on any atom is -0.497 e. The molecule has 1 heterocycles. The molecule has 0 spiro atoms. The van der Waals surface area contributed by atoms with E-state index in [1.807, 2.05) is 0 Å². The number of carbonyl (C=O) groups excluding carboxylic acids is 1. The molecule has 0 fully saturated rings. The van der Waals surface area contributed by atoms with E-state index in [1.54, 1.807) is 18.2 Å². The average molecular weight is 324 g/mol. The first-order valence-electron chi connectivity index (χ1n) is 6.35. The summed E-state index contributed by atoms with van der Waals surface area (Å²) in [6.45, 7) is 0.00810. The Balaban J connectivity index is 1.96. The molecule has 22 heavy (non-hydrogen) atoms. The van der Waals surface area contributed by atoms with Gasteiger partial charge in [0.25, 0.3) is 0 Å². The molecule has 1 aromatic carbocycles. The molecule has 9 heteroatoms. The van der Waals surface area contributed by atoms with Crippen LogP contribution in [0.25, 0.3) is 0 Å². The van der Waals surface area contributed by atoms with Crippen LogP contribution in [0.15, 0.2) is 23.7 Å². The van der Waals surface area contributed by atoms with Crippen LogP contribution in [0.1, 0.15) is 11.7 Å². The van der Waals surface area contributed by atoms with Crippen LogP contribution >= 0.6 is 11.3 Å². The molecule has 0 aliphatic heterocycles. The monoisotopic (exact) mass is 324 g/mol. The van der Waals surface area contributed by atoms with Gasteiger partial charge in [0.15, 0.2) is 0 Å². The van der Waals surface area contributed by atoms with Gasteiger partial charge in [-0.2, -0.15) is 0 Å². The number of ether oxygens (including phenoxy) is 2. The Morgan fingerprint density at radius 1 is 1.41 bits per heavy atom. The molecule has 2 amide bonds. The second-order valence-electron chi connectivity index (χ2n) is 4.20. The van der Waals surface area contributed by atoms with E-state index in [0.29, 0.717) is 22.2 Å². The highest BCUT2D eigenvalue weighted by molar-refractivity contribution is 7.13. The summed E-state index contributed by atoms with van der Waals surface area (Å²) in [6, 6.07) is 4.61. The van der Waals surface area contributed by atoms with Crippen molar-refractivity contribution in [2.24, 2.45) is 0 Å². The van der Waals surface area contributed by atoms with Gasteiger partial charge in [0.05, 0.1) is 14.2 Å². The molecule has 0 radical (unpaired) electrons. The fourth-order valence-corrected chi connectivity index (χ4v) is 2.21. The maximum Gasteiger partial charge on any atom is 0.321 e. The summed E-state index contributed by atoms with van der Waals surface area (Å²) in [5.74, 6) is 1.10. The lowest BCUT2D eigenvalue weighted by atomic mass is 10.1. The molecule has 8 nitrogen and oxygen atoms in total. The number of anilines is 1. The highest BCUT2D eigenvalue weighted by Crippen LogP contribution is 2.29. The van der Waals surface area contributed by atoms with Crippen molar-refractivity contribution in [3.05, 3.63) is 29.3 Å². The summed E-state index contributed by atoms with van der Waals surface area (Å²) in [7, 11) is 3.04. The molecule has 2 aromatic rings. The van der Waals surface area contributed by atoms with Gasteiger partial charge in [0, 0.05) is 12.1 Å². The molecule has 0 aliphatic carbocycles. The number of nitrogens with zero attached hydrogens (tertiary/aromatic N) is 2. The highest BCUT2D eigenvalue weighted by Gasteiger charge is 2.16. The number of nitrogens with one attached hydrogen (secondary N) is 2. The second kappa shape index (κ2) is 7.57. The number of hydrogen-bond donors (Lipinski definition) is 3. The van der Waals surface area contributed by atoms with E-state index in [-0.39, 0.29) is 6.54 Å². The predicted molar refractivity (Wildman–Crippen MR) is 81.4 cm³/mol. The van der Waals surface area contributed by atoms with E-state index < -0.39 is 12.1 Å². The number of aromatic nitrogens is 2. The first kappa shape index (κ1) is 16.0. The van der Waals surface area contributed by atoms with Crippen molar-refractivity contribution in [3.8, 4) is 11.5 Å². The maximum absolute atomic E-state index is 11.7. The van der Waals surface area contributed by atoms with Crippen LogP contribution in [0, 0.1) is 0 Å². The van der Waals surface area contributed by atoms with Crippen LogP contribution in [-0.4, -0.2) is 42.1 Å². The fraction of sp³-hybridized carbons (Fsp3) is 0.308. The van der Waals surface area contributed by atoms with Gasteiger partial charge >= 0.3 is 6.03 Å². The zero-order valence-electron chi connectivity index (χ0n) is 12.1. The van der Waals surface area contributed by atoms with Crippen molar-refractivity contribution in [1.82, 2.24) is 15.5 Å². The molecule has 0 bridgehead atoms. The number of urea groups is 1. The summed E-state index contributed by atoms with van der Waals surface area (Å²) in [5, 5.41) is 23.0. The SMILES string of the molecule is COc1ccc(OC)c([C@H](O)CNC(=O)Nc2nncs2)c1. The van der Waals surface area contributed by atoms with Gasteiger partial charge in [-0.15, -0.1) is 10.2 Å². The van der Waals surface area contributed by atoms with Crippen molar-refractivity contribution in [2.45, 2.75) is 6.10 Å². The summed E-state index contributed by atoms with van der Waals surface area (Å²) in [4.78, 5) is 11.7. The molecule has 0 saturated carbocycles. The number of carbonyl (C=O) groups is 1. The fourth-order valence-electron chi connectivity index (χ4n) is 1.77. The number of benzene rings is 1. The van der Waals surface area contributed by atoms with Gasteiger partial charge in [-0.05, 0) is 18.2 Å². The molecule has 118 valence electrons. The number of aliphatic hydroxyl groups excluding tert-OH is 1. The Bertz CT molecular complexity index is 621. The molecular formula is C13H16N4O4S. The molecule has 0 saturated heterocycles. The first-order chi connectivity index (χ1) is 10.6. The van der Waals surface area contributed by atoms with Gasteiger partial charge in [0.1, 0.15) is 23.1 Å². The summed E-state index contributed by atoms with van der Waals surface area (Å²) in [6.07, 6.45) is -0.940. The number of aliphatic hydroxyl groups is 1. The number of methoxy groups -OCH3 is 2. The van der Waals surface area contributed by atoms with E-state index in [4.69, 9.17) is 9.47 Å². The van der Waals surface area contributed by atoms with Crippen LogP contribution in [0.2, 0.25) is 0 Å². The third kappa shape index (κ3) is 4.06. The molecule has 2 rings (SSSR count). The van der Waals surface area contributed by atoms with Crippen LogP contribution in [0.5, 0.6) is 11.5 Å². The zero-order chi connectivity index (χ0) is 15.9. The quantitative estimate of drug-likeness (QED) is 0.742. The van der Waals surface area contributed by atoms with Gasteiger partial charge < -0.3 is 19.9 Å². The van der Waals surface area contributed by atoms with Crippen molar-refractivity contribution >= 4 is 22.5 Å². The molecule has 1 atom stereocenters. The van der Waals surface area contributed by atoms with E-state index in [1.165, 1.54) is 31.1 Å². The van der Waals surface area contributed by atoms with E-state index in [2.05, 4.69) is 20.8 Å². The van der Waals surface area contributed by atoms with Gasteiger partial charge in [-0.25, -0.2) is 4.79 Å². The largest absolute Gasteiger partial charge is 0.497 e. The second-order valence-corrected chi connectivity index (χ2v) is 5.04. The number of hydrogen-bond acceptors (Lipinski definition) is 7. The Hall–Kier alpha value is -2.39. The third-order valence-electron chi connectivity index (χ3n) is 2.83. The molecule has 0 aliphatic rings. The molecule has 3 N–H and O–H groups in total. The Kier molecular flexibility index (Phi) is 5.50. The van der Waals surface area contributed by atoms with E-state index >= 15 is 0 Å². The van der Waals surface area contributed by atoms with Crippen LogP contribution in [-0.2, 0) is 0 Å². The van der Waals surface area contributed by atoms with Gasteiger partial charge in [0.2, 0.25) is 5.13 Å². The number of amides is 2. The zero-order valence-corrected chi connectivity index (χ0v) is 12.9. The van der Waals surface area contributed by atoms with Gasteiger partial charge in [-0.1, -0.05) is 11.3 Å². The lowest BCUT2D eigenvalue weighted by Crippen LogP contribution is -2.32. The predicted octanol–water partition coefficient (Wildman–Crippen LogP) is 1.41. The van der Waals surface area contributed by atoms with Gasteiger partial charge in [-0.3, -0.25) is 5.32 Å². The Morgan fingerprint density at radius 2 is 2.23 bits per heavy atom. The Morgan fingerprint density at radius 3 is 2.86 bits per heavy atom. The topological polar surface area (TPSA) is 106 Å². The summed E-state index contributed by atoms with van der Waals surface area (Å²) >= 11 is 1.20. The van der Waals surface area contributed by atoms with E-state index in [9.17, 15) is 9.90 Å². The standard InChI is InChI=1S/C13H16N4O4S/c1-20-8-3-4-11(21-2)9(5-8)10(18)6-14-12(19)16-13-17-15-7-22-13/h3-5,7,10,18H,6H2,1-2H3,(H2,14,16,17,19)/t10-/m1/s1. The average Bonchev–Trinajstić information content (AvgIpc) is 3.04. The van der Waals surface area contributed by atoms with Crippen LogP contribution in [0.4, 0.5) is 9.93 Å². The molecule has 0 unspecified atom stereocenters. The van der Waals surface area contributed by atoms with Crippen molar-refractivity contribution < 1.29 is 19.4 Å². The van der Waals surface area contributed by atoms with Crippen molar-refractivity contribution in [2.75, 3.05) is 26.1 Å². The Labute approximate surface area is 131 Å². The van der Waals surface area contributed by atoms with Crippen LogP contribution < -0.4 is 20.1 Å². The minimum absolute atomic E-state index is 0.00810. The first-order valence-corrected chi connectivity index (χ1v) is 7.23. The maximum atomic E-state index is 11.7. The number of rotatable bonds is 6. The third-order valence-corrected chi connectivity index (χ3v) is 3.44. The van der Waals surface area contributed by atoms with E-state index in [0.717, 1.165) is 0 Å². The smallest absolute Gasteiger partial charge is 0.321 e. The highest BCUT2D eigenvalue weighted by atomic mass is 32.1. The van der Waals surface area contributed by atoms with Crippen molar-refractivity contribution in [3.63, 3.8) is 0 Å². The normalized spacial score (nSPS) is 11.6. The van der Waals surface area contributed by atoms with Crippen molar-refractivity contribution in [1.29, 1.82) is 0 Å². The lowest BCUT2D eigenvalue weighted by Gasteiger charge is -2.16.